The fourth-order valence-electron chi connectivity index (χ4n) is 2.87. The van der Waals surface area contributed by atoms with Crippen LogP contribution < -0.4 is 11.1 Å². The van der Waals surface area contributed by atoms with Crippen LogP contribution in [-0.2, 0) is 0 Å². The third-order valence-corrected chi connectivity index (χ3v) is 5.18. The lowest BCUT2D eigenvalue weighted by molar-refractivity contribution is 0.437. The van der Waals surface area contributed by atoms with E-state index in [0.29, 0.717) is 5.95 Å². The van der Waals surface area contributed by atoms with Gasteiger partial charge < -0.3 is 11.1 Å². The summed E-state index contributed by atoms with van der Waals surface area (Å²) in [5, 5.41) is 10.6. The van der Waals surface area contributed by atoms with Gasteiger partial charge >= 0.3 is 0 Å². The zero-order valence-corrected chi connectivity index (χ0v) is 13.2. The second-order valence-corrected chi connectivity index (χ2v) is 6.61. The van der Waals surface area contributed by atoms with Crippen molar-refractivity contribution in [2.45, 2.75) is 18.5 Å². The third kappa shape index (κ3) is 2.24. The number of benzene rings is 1. The molecule has 4 rings (SSSR count). The molecule has 0 spiro atoms. The van der Waals surface area contributed by atoms with E-state index in [1.165, 1.54) is 4.88 Å². The van der Waals surface area contributed by atoms with Gasteiger partial charge in [-0.3, -0.25) is 0 Å². The SMILES string of the molecule is Nc1nc2n(n1)C(c1cccs1)CC(c1ccccc1Cl)N2. The van der Waals surface area contributed by atoms with E-state index >= 15 is 0 Å². The van der Waals surface area contributed by atoms with Gasteiger partial charge in [-0.05, 0) is 29.5 Å². The van der Waals surface area contributed by atoms with Gasteiger partial charge in [-0.1, -0.05) is 35.9 Å². The maximum atomic E-state index is 6.36. The highest BCUT2D eigenvalue weighted by Gasteiger charge is 2.32. The molecular formula is C15H14ClN5S. The monoisotopic (exact) mass is 331 g/mol. The molecule has 0 saturated heterocycles. The zero-order valence-electron chi connectivity index (χ0n) is 11.6. The van der Waals surface area contributed by atoms with Gasteiger partial charge in [0.15, 0.2) is 0 Å². The van der Waals surface area contributed by atoms with E-state index in [1.54, 1.807) is 11.3 Å². The van der Waals surface area contributed by atoms with Crippen LogP contribution in [0.3, 0.4) is 0 Å². The minimum absolute atomic E-state index is 0.0805. The zero-order chi connectivity index (χ0) is 15.1. The average molecular weight is 332 g/mol. The minimum atomic E-state index is 0.0805. The van der Waals surface area contributed by atoms with E-state index in [4.69, 9.17) is 17.3 Å². The number of nitrogens with two attached hydrogens (primary N) is 1. The molecule has 3 heterocycles. The molecule has 3 aromatic rings. The van der Waals surface area contributed by atoms with Crippen molar-refractivity contribution in [3.8, 4) is 0 Å². The highest BCUT2D eigenvalue weighted by Crippen LogP contribution is 2.40. The lowest BCUT2D eigenvalue weighted by Crippen LogP contribution is -2.27. The highest BCUT2D eigenvalue weighted by atomic mass is 35.5. The molecule has 0 bridgehead atoms. The first-order valence-electron chi connectivity index (χ1n) is 6.99. The van der Waals surface area contributed by atoms with E-state index in [9.17, 15) is 0 Å². The van der Waals surface area contributed by atoms with Gasteiger partial charge in [-0.25, -0.2) is 4.68 Å². The molecule has 5 nitrogen and oxygen atoms in total. The molecule has 0 saturated carbocycles. The number of nitrogens with zero attached hydrogens (tertiary/aromatic N) is 3. The Kier molecular flexibility index (Phi) is 3.28. The number of aromatic nitrogens is 3. The number of anilines is 2. The van der Waals surface area contributed by atoms with E-state index in [0.717, 1.165) is 17.0 Å². The van der Waals surface area contributed by atoms with Gasteiger partial charge in [-0.2, -0.15) is 4.98 Å². The van der Waals surface area contributed by atoms with Gasteiger partial charge in [-0.15, -0.1) is 16.4 Å². The Morgan fingerprint density at radius 2 is 2.14 bits per heavy atom. The van der Waals surface area contributed by atoms with E-state index < -0.39 is 0 Å². The van der Waals surface area contributed by atoms with Gasteiger partial charge in [0.05, 0.1) is 12.1 Å². The van der Waals surface area contributed by atoms with Crippen molar-refractivity contribution >= 4 is 34.8 Å². The molecule has 2 unspecified atom stereocenters. The number of hydrogen-bond donors (Lipinski definition) is 2. The van der Waals surface area contributed by atoms with Crippen LogP contribution in [0.1, 0.15) is 28.9 Å². The number of hydrogen-bond acceptors (Lipinski definition) is 5. The van der Waals surface area contributed by atoms with Crippen LogP contribution >= 0.6 is 22.9 Å². The summed E-state index contributed by atoms with van der Waals surface area (Å²) in [5.41, 5.74) is 6.85. The Balaban J connectivity index is 1.78. The average Bonchev–Trinajstić information content (AvgIpc) is 3.14. The maximum absolute atomic E-state index is 6.36. The molecule has 1 aromatic carbocycles. The Labute approximate surface area is 136 Å². The van der Waals surface area contributed by atoms with Crippen molar-refractivity contribution in [3.63, 3.8) is 0 Å². The first kappa shape index (κ1) is 13.6. The van der Waals surface area contributed by atoms with Crippen LogP contribution in [0, 0.1) is 0 Å². The van der Waals surface area contributed by atoms with Gasteiger partial charge in [0.2, 0.25) is 11.9 Å². The lowest BCUT2D eigenvalue weighted by Gasteiger charge is -2.31. The van der Waals surface area contributed by atoms with Crippen LogP contribution in [0.4, 0.5) is 11.9 Å². The van der Waals surface area contributed by atoms with E-state index in [2.05, 4.69) is 26.8 Å². The normalized spacial score (nSPS) is 20.4. The third-order valence-electron chi connectivity index (χ3n) is 3.86. The summed E-state index contributed by atoms with van der Waals surface area (Å²) < 4.78 is 1.87. The molecule has 2 atom stereocenters. The predicted molar refractivity (Wildman–Crippen MR) is 89.3 cm³/mol. The Hall–Kier alpha value is -2.05. The van der Waals surface area contributed by atoms with E-state index in [1.807, 2.05) is 35.0 Å². The van der Waals surface area contributed by atoms with Crippen molar-refractivity contribution < 1.29 is 0 Å². The van der Waals surface area contributed by atoms with Crippen molar-refractivity contribution in [2.24, 2.45) is 0 Å². The largest absolute Gasteiger partial charge is 0.366 e. The molecule has 1 aliphatic rings. The summed E-state index contributed by atoms with van der Waals surface area (Å²) in [5.74, 6) is 0.968. The molecule has 0 radical (unpaired) electrons. The predicted octanol–water partition coefficient (Wildman–Crippen LogP) is 3.72. The Morgan fingerprint density at radius 3 is 2.91 bits per heavy atom. The number of rotatable bonds is 2. The van der Waals surface area contributed by atoms with Crippen LogP contribution in [0.5, 0.6) is 0 Å². The molecular weight excluding hydrogens is 318 g/mol. The first-order valence-corrected chi connectivity index (χ1v) is 8.24. The summed E-state index contributed by atoms with van der Waals surface area (Å²) in [4.78, 5) is 5.54. The number of fused-ring (bicyclic) bond motifs is 1. The Morgan fingerprint density at radius 1 is 1.27 bits per heavy atom. The summed E-state index contributed by atoms with van der Waals surface area (Å²) in [6.07, 6.45) is 0.847. The van der Waals surface area contributed by atoms with Crippen molar-refractivity contribution in [1.29, 1.82) is 0 Å². The number of halogens is 1. The van der Waals surface area contributed by atoms with Crippen molar-refractivity contribution in [3.05, 3.63) is 57.2 Å². The highest BCUT2D eigenvalue weighted by molar-refractivity contribution is 7.10. The molecule has 3 N–H and O–H groups in total. The van der Waals surface area contributed by atoms with Crippen LogP contribution in [0.15, 0.2) is 41.8 Å². The molecule has 0 fully saturated rings. The first-order chi connectivity index (χ1) is 10.7. The summed E-state index contributed by atoms with van der Waals surface area (Å²) >= 11 is 8.07. The smallest absolute Gasteiger partial charge is 0.241 e. The molecule has 112 valence electrons. The van der Waals surface area contributed by atoms with Crippen molar-refractivity contribution in [2.75, 3.05) is 11.1 Å². The summed E-state index contributed by atoms with van der Waals surface area (Å²) in [6.45, 7) is 0. The molecule has 0 amide bonds. The van der Waals surface area contributed by atoms with Crippen LogP contribution in [0.25, 0.3) is 0 Å². The summed E-state index contributed by atoms with van der Waals surface area (Å²) in [7, 11) is 0. The second kappa shape index (κ2) is 5.30. The minimum Gasteiger partial charge on any atom is -0.366 e. The fraction of sp³-hybridized carbons (Fsp3) is 0.200. The van der Waals surface area contributed by atoms with Gasteiger partial charge in [0, 0.05) is 9.90 Å². The summed E-state index contributed by atoms with van der Waals surface area (Å²) in [6, 6.07) is 12.2. The topological polar surface area (TPSA) is 68.8 Å². The quantitative estimate of drug-likeness (QED) is 0.751. The van der Waals surface area contributed by atoms with Crippen molar-refractivity contribution in [1.82, 2.24) is 14.8 Å². The molecule has 2 aromatic heterocycles. The molecule has 22 heavy (non-hydrogen) atoms. The van der Waals surface area contributed by atoms with Crippen LogP contribution in [0.2, 0.25) is 5.02 Å². The van der Waals surface area contributed by atoms with Gasteiger partial charge in [0.25, 0.3) is 0 Å². The van der Waals surface area contributed by atoms with E-state index in [-0.39, 0.29) is 18.0 Å². The second-order valence-electron chi connectivity index (χ2n) is 5.22. The standard InChI is InChI=1S/C15H14ClN5S/c16-10-5-2-1-4-9(10)11-8-12(13-6-3-7-22-13)21-15(18-11)19-14(17)20-21/h1-7,11-12H,8H2,(H3,17,18,19,20). The Bertz CT molecular complexity index is 798. The molecule has 0 aliphatic carbocycles. The fourth-order valence-corrected chi connectivity index (χ4v) is 3.97. The maximum Gasteiger partial charge on any atom is 0.241 e. The van der Waals surface area contributed by atoms with Gasteiger partial charge in [0.1, 0.15) is 0 Å². The number of thiophene rings is 1. The number of nitrogens with one attached hydrogen (secondary N) is 1. The number of nitrogen functional groups attached to an aromatic ring is 1. The molecule has 7 heteroatoms. The van der Waals surface area contributed by atoms with Crippen LogP contribution in [-0.4, -0.2) is 14.8 Å². The lowest BCUT2D eigenvalue weighted by atomic mass is 9.97. The molecule has 1 aliphatic heterocycles.